The number of benzene rings is 1. The Balaban J connectivity index is 0.00000578. The smallest absolute Gasteiger partial charge is 0.338 e. The molecule has 0 amide bonds. The van der Waals surface area contributed by atoms with Crippen molar-refractivity contribution < 1.29 is 15.0 Å². The molecule has 0 unspecified atom stereocenters. The fourth-order valence-corrected chi connectivity index (χ4v) is 3.33. The molecule has 1 aromatic carbocycles. The first-order chi connectivity index (χ1) is 16.0. The molecule has 1 aromatic heterocycles. The summed E-state index contributed by atoms with van der Waals surface area (Å²) >= 11 is 5.82. The van der Waals surface area contributed by atoms with E-state index >= 15 is 0 Å². The molecule has 0 aliphatic heterocycles. The molecule has 0 spiro atoms. The maximum atomic E-state index is 11.8. The van der Waals surface area contributed by atoms with Gasteiger partial charge in [0.05, 0.1) is 17.9 Å². The predicted octanol–water partition coefficient (Wildman–Crippen LogP) is 3.97. The second kappa shape index (κ2) is 17.7. The minimum Gasteiger partial charge on any atom is -0.462 e. The second-order valence-corrected chi connectivity index (χ2v) is 7.62. The van der Waals surface area contributed by atoms with Gasteiger partial charge in [0.1, 0.15) is 0 Å². The molecule has 0 bridgehead atoms. The van der Waals surface area contributed by atoms with E-state index in [9.17, 15) is 4.79 Å². The fourth-order valence-electron chi connectivity index (χ4n) is 3.09. The number of alkyl halides is 1. The highest BCUT2D eigenvalue weighted by Gasteiger charge is 2.12. The van der Waals surface area contributed by atoms with Crippen LogP contribution in [-0.2, 0) is 4.74 Å². The molecule has 1 heterocycles. The molecule has 2 aromatic rings. The van der Waals surface area contributed by atoms with Crippen molar-refractivity contribution in [2.75, 3.05) is 55.5 Å². The summed E-state index contributed by atoms with van der Waals surface area (Å²) in [5, 5.41) is 11.6. The van der Waals surface area contributed by atoms with Crippen molar-refractivity contribution >= 4 is 58.9 Å². The molecule has 13 heteroatoms. The molecule has 0 aliphatic rings. The van der Waals surface area contributed by atoms with Crippen LogP contribution in [0.15, 0.2) is 34.5 Å². The van der Waals surface area contributed by atoms with Gasteiger partial charge in [0, 0.05) is 19.0 Å². The molecule has 0 saturated carbocycles. The molecule has 0 radical (unpaired) electrons. The summed E-state index contributed by atoms with van der Waals surface area (Å²) in [6.07, 6.45) is 3.11. The number of nitrogens with zero attached hydrogens (tertiary/aromatic N) is 5. The van der Waals surface area contributed by atoms with E-state index in [1.165, 1.54) is 0 Å². The SMILES string of the molecule is CCOC(=O)c1ccc(N=Nc2c(N)nc(N)nc2NCCCCCN(CC)CCCl)cc1.Cl.O. The summed E-state index contributed by atoms with van der Waals surface area (Å²) in [4.78, 5) is 22.3. The normalized spacial score (nSPS) is 10.6. The Kier molecular flexibility index (Phi) is 16.3. The van der Waals surface area contributed by atoms with Gasteiger partial charge in [-0.15, -0.1) is 29.1 Å². The van der Waals surface area contributed by atoms with Crippen molar-refractivity contribution in [3.63, 3.8) is 0 Å². The Hall–Kier alpha value is -2.73. The quantitative estimate of drug-likeness (QED) is 0.142. The number of nitrogens with two attached hydrogens (primary N) is 2. The van der Waals surface area contributed by atoms with Crippen LogP contribution in [0.2, 0.25) is 0 Å². The molecular formula is C22H36Cl2N8O3. The zero-order chi connectivity index (χ0) is 24.1. The summed E-state index contributed by atoms with van der Waals surface area (Å²) in [5.41, 5.74) is 13.1. The third-order valence-corrected chi connectivity index (χ3v) is 5.03. The topological polar surface area (TPSA) is 176 Å². The first-order valence-electron chi connectivity index (χ1n) is 11.1. The van der Waals surface area contributed by atoms with Crippen molar-refractivity contribution in [1.82, 2.24) is 14.9 Å². The van der Waals surface area contributed by atoms with Crippen LogP contribution in [0.3, 0.4) is 0 Å². The van der Waals surface area contributed by atoms with Gasteiger partial charge in [0.2, 0.25) is 5.95 Å². The summed E-state index contributed by atoms with van der Waals surface area (Å²) in [6, 6.07) is 6.59. The number of nitrogens with one attached hydrogen (secondary N) is 1. The molecule has 0 aliphatic carbocycles. The van der Waals surface area contributed by atoms with Gasteiger partial charge in [-0.2, -0.15) is 15.1 Å². The number of carbonyl (C=O) groups excluding carboxylic acids is 1. The van der Waals surface area contributed by atoms with Crippen LogP contribution >= 0.6 is 24.0 Å². The highest BCUT2D eigenvalue weighted by molar-refractivity contribution is 6.18. The number of hydrogen-bond acceptors (Lipinski definition) is 10. The van der Waals surface area contributed by atoms with Gasteiger partial charge in [-0.3, -0.25) is 0 Å². The van der Waals surface area contributed by atoms with E-state index < -0.39 is 0 Å². The Bertz CT molecular complexity index is 916. The maximum absolute atomic E-state index is 11.8. The van der Waals surface area contributed by atoms with Crippen LogP contribution < -0.4 is 16.8 Å². The van der Waals surface area contributed by atoms with E-state index in [0.29, 0.717) is 41.8 Å². The number of rotatable bonds is 14. The van der Waals surface area contributed by atoms with E-state index in [1.807, 2.05) is 0 Å². The number of hydrogen-bond donors (Lipinski definition) is 3. The molecule has 35 heavy (non-hydrogen) atoms. The molecule has 196 valence electrons. The number of aromatic nitrogens is 2. The lowest BCUT2D eigenvalue weighted by Crippen LogP contribution is -2.26. The molecule has 0 fully saturated rings. The standard InChI is InChI=1S/C22H33ClN8O2.ClH.H2O/c1-3-31(15-12-23)14-7-5-6-13-26-20-18(19(24)27-22(25)28-20)30-29-17-10-8-16(9-11-17)21(32)33-4-2;;/h8-11H,3-7,12-15H2,1-2H3,(H5,24,25,26,27,28);1H;1H2. The fraction of sp³-hybridized carbons (Fsp3) is 0.500. The monoisotopic (exact) mass is 530 g/mol. The third-order valence-electron chi connectivity index (χ3n) is 4.86. The Morgan fingerprint density at radius 3 is 2.43 bits per heavy atom. The van der Waals surface area contributed by atoms with Crippen molar-refractivity contribution in [3.8, 4) is 0 Å². The number of nitrogen functional groups attached to an aromatic ring is 2. The van der Waals surface area contributed by atoms with Crippen molar-refractivity contribution in [3.05, 3.63) is 29.8 Å². The highest BCUT2D eigenvalue weighted by Crippen LogP contribution is 2.31. The number of carbonyl (C=O) groups is 1. The molecule has 0 saturated heterocycles. The molecular weight excluding hydrogens is 495 g/mol. The van der Waals surface area contributed by atoms with Gasteiger partial charge < -0.3 is 31.9 Å². The Labute approximate surface area is 217 Å². The van der Waals surface area contributed by atoms with E-state index in [4.69, 9.17) is 27.8 Å². The summed E-state index contributed by atoms with van der Waals surface area (Å²) in [6.45, 7) is 7.86. The largest absolute Gasteiger partial charge is 0.462 e. The van der Waals surface area contributed by atoms with Crippen LogP contribution in [0.25, 0.3) is 0 Å². The Morgan fingerprint density at radius 2 is 1.80 bits per heavy atom. The van der Waals surface area contributed by atoms with Crippen LogP contribution in [-0.4, -0.2) is 65.0 Å². The summed E-state index contributed by atoms with van der Waals surface area (Å²) < 4.78 is 4.98. The van der Waals surface area contributed by atoms with E-state index in [-0.39, 0.29) is 35.6 Å². The van der Waals surface area contributed by atoms with Gasteiger partial charge in [0.25, 0.3) is 0 Å². The lowest BCUT2D eigenvalue weighted by Gasteiger charge is -2.18. The lowest BCUT2D eigenvalue weighted by molar-refractivity contribution is 0.0526. The van der Waals surface area contributed by atoms with Crippen LogP contribution in [0.1, 0.15) is 43.5 Å². The first kappa shape index (κ1) is 32.3. The first-order valence-corrected chi connectivity index (χ1v) is 11.7. The number of unbranched alkanes of at least 4 members (excludes halogenated alkanes) is 2. The van der Waals surface area contributed by atoms with Gasteiger partial charge in [0.15, 0.2) is 17.3 Å². The maximum Gasteiger partial charge on any atom is 0.338 e. The Morgan fingerprint density at radius 1 is 1.09 bits per heavy atom. The zero-order valence-electron chi connectivity index (χ0n) is 20.2. The molecule has 0 atom stereocenters. The number of ether oxygens (including phenoxy) is 1. The van der Waals surface area contributed by atoms with Crippen molar-refractivity contribution in [1.29, 1.82) is 0 Å². The van der Waals surface area contributed by atoms with Crippen molar-refractivity contribution in [2.45, 2.75) is 33.1 Å². The van der Waals surface area contributed by atoms with Crippen molar-refractivity contribution in [2.24, 2.45) is 10.2 Å². The predicted molar refractivity (Wildman–Crippen MR) is 143 cm³/mol. The molecule has 11 nitrogen and oxygen atoms in total. The van der Waals surface area contributed by atoms with Crippen LogP contribution in [0, 0.1) is 0 Å². The average molecular weight is 531 g/mol. The van der Waals surface area contributed by atoms with E-state index in [0.717, 1.165) is 38.9 Å². The minimum absolute atomic E-state index is 0. The minimum atomic E-state index is -0.384. The number of anilines is 3. The van der Waals surface area contributed by atoms with Gasteiger partial charge >= 0.3 is 5.97 Å². The number of azo groups is 1. The second-order valence-electron chi connectivity index (χ2n) is 7.24. The number of esters is 1. The van der Waals surface area contributed by atoms with Crippen LogP contribution in [0.5, 0.6) is 0 Å². The third kappa shape index (κ3) is 11.0. The van der Waals surface area contributed by atoms with E-state index in [2.05, 4.69) is 37.3 Å². The molecule has 2 rings (SSSR count). The summed E-state index contributed by atoms with van der Waals surface area (Å²) in [7, 11) is 0. The average Bonchev–Trinajstić information content (AvgIpc) is 2.80. The van der Waals surface area contributed by atoms with Gasteiger partial charge in [-0.25, -0.2) is 4.79 Å². The molecule has 7 N–H and O–H groups in total. The van der Waals surface area contributed by atoms with E-state index in [1.54, 1.807) is 31.2 Å². The number of halogens is 2. The summed E-state index contributed by atoms with van der Waals surface area (Å²) in [5.74, 6) is 0.900. The van der Waals surface area contributed by atoms with Gasteiger partial charge in [-0.05, 0) is 57.1 Å². The zero-order valence-corrected chi connectivity index (χ0v) is 21.7. The highest BCUT2D eigenvalue weighted by atomic mass is 35.5. The van der Waals surface area contributed by atoms with Gasteiger partial charge in [-0.1, -0.05) is 13.3 Å². The lowest BCUT2D eigenvalue weighted by atomic mass is 10.2. The van der Waals surface area contributed by atoms with Crippen LogP contribution in [0.4, 0.5) is 29.0 Å².